The second kappa shape index (κ2) is 9.16. The molecule has 1 unspecified atom stereocenters. The molecule has 0 saturated carbocycles. The summed E-state index contributed by atoms with van der Waals surface area (Å²) in [5, 5.41) is 3.18. The van der Waals surface area contributed by atoms with Crippen molar-refractivity contribution < 1.29 is 14.0 Å². The molecule has 5 rings (SSSR count). The first-order valence-corrected chi connectivity index (χ1v) is 10.9. The topological polar surface area (TPSA) is 49.4 Å². The number of anilines is 2. The van der Waals surface area contributed by atoms with Crippen LogP contribution in [-0.2, 0) is 4.79 Å². The lowest BCUT2D eigenvalue weighted by Gasteiger charge is -2.27. The number of para-hydroxylation sites is 2. The number of nitrogens with zero attached hydrogens (tertiary/aromatic N) is 1. The van der Waals surface area contributed by atoms with Gasteiger partial charge in [0.2, 0.25) is 0 Å². The summed E-state index contributed by atoms with van der Waals surface area (Å²) in [6.07, 6.45) is 0. The number of ketones is 1. The zero-order chi connectivity index (χ0) is 23.5. The van der Waals surface area contributed by atoms with Gasteiger partial charge in [0.1, 0.15) is 11.5 Å². The number of carbonyl (C=O) groups excluding carboxylic acids is 2. The number of hydrogen-bond donors (Lipinski definition) is 1. The van der Waals surface area contributed by atoms with Crippen molar-refractivity contribution in [2.24, 2.45) is 0 Å². The van der Waals surface area contributed by atoms with E-state index in [0.717, 1.165) is 0 Å². The molecule has 1 atom stereocenters. The van der Waals surface area contributed by atoms with Gasteiger partial charge in [-0.05, 0) is 42.0 Å². The number of hydrogen-bond acceptors (Lipinski definition) is 3. The van der Waals surface area contributed by atoms with Crippen LogP contribution in [0.5, 0.6) is 0 Å². The molecule has 4 aromatic rings. The standard InChI is InChI=1S/C29H21FN2O2/c30-22-14-10-13-21(19-22)27-25(28(33)20-11-4-1-5-12-20)26(31-23-15-6-2-7-16-23)29(34)32(27)24-17-8-3-9-18-24/h1-19,27,31H. The van der Waals surface area contributed by atoms with Crippen LogP contribution >= 0.6 is 0 Å². The number of rotatable bonds is 6. The summed E-state index contributed by atoms with van der Waals surface area (Å²) in [4.78, 5) is 29.3. The Bertz CT molecular complexity index is 1370. The molecule has 0 fully saturated rings. The quantitative estimate of drug-likeness (QED) is 0.359. The highest BCUT2D eigenvalue weighted by Crippen LogP contribution is 2.42. The van der Waals surface area contributed by atoms with Gasteiger partial charge in [-0.15, -0.1) is 0 Å². The minimum absolute atomic E-state index is 0.179. The molecule has 34 heavy (non-hydrogen) atoms. The number of halogens is 1. The van der Waals surface area contributed by atoms with Crippen molar-refractivity contribution in [2.45, 2.75) is 6.04 Å². The number of Topliss-reactive ketones (excluding diaryl/α,β-unsaturated/α-hetero) is 1. The molecular weight excluding hydrogens is 427 g/mol. The van der Waals surface area contributed by atoms with Crippen LogP contribution in [0, 0.1) is 5.82 Å². The van der Waals surface area contributed by atoms with E-state index in [1.54, 1.807) is 53.4 Å². The molecule has 1 heterocycles. The van der Waals surface area contributed by atoms with E-state index >= 15 is 0 Å². The third-order valence-electron chi connectivity index (χ3n) is 5.76. The molecule has 1 N–H and O–H groups in total. The van der Waals surface area contributed by atoms with E-state index in [2.05, 4.69) is 5.32 Å². The van der Waals surface area contributed by atoms with Crippen LogP contribution in [0.2, 0.25) is 0 Å². The molecular formula is C29H21FN2O2. The third kappa shape index (κ3) is 3.99. The largest absolute Gasteiger partial charge is 0.351 e. The van der Waals surface area contributed by atoms with Crippen molar-refractivity contribution in [3.8, 4) is 0 Å². The summed E-state index contributed by atoms with van der Waals surface area (Å²) in [6, 6.07) is 32.4. The Hall–Kier alpha value is -4.51. The first kappa shape index (κ1) is 21.3. The lowest BCUT2D eigenvalue weighted by molar-refractivity contribution is -0.114. The third-order valence-corrected chi connectivity index (χ3v) is 5.76. The van der Waals surface area contributed by atoms with Gasteiger partial charge in [0, 0.05) is 16.9 Å². The molecule has 4 nitrogen and oxygen atoms in total. The number of benzene rings is 4. The Morgan fingerprint density at radius 3 is 2.03 bits per heavy atom. The zero-order valence-electron chi connectivity index (χ0n) is 18.2. The SMILES string of the molecule is O=C(C1=C(Nc2ccccc2)C(=O)N(c2ccccc2)C1c1cccc(F)c1)c1ccccc1. The van der Waals surface area contributed by atoms with E-state index in [-0.39, 0.29) is 23.0 Å². The number of nitrogens with one attached hydrogen (secondary N) is 1. The fourth-order valence-electron chi connectivity index (χ4n) is 4.24. The molecule has 166 valence electrons. The lowest BCUT2D eigenvalue weighted by atomic mass is 9.92. The molecule has 1 aliphatic rings. The van der Waals surface area contributed by atoms with Crippen molar-refractivity contribution in [2.75, 3.05) is 10.2 Å². The molecule has 0 saturated heterocycles. The molecule has 0 aliphatic carbocycles. The molecule has 0 radical (unpaired) electrons. The highest BCUT2D eigenvalue weighted by molar-refractivity contribution is 6.23. The summed E-state index contributed by atoms with van der Waals surface area (Å²) in [5.41, 5.74) is 2.71. The highest BCUT2D eigenvalue weighted by Gasteiger charge is 2.44. The Kier molecular flexibility index (Phi) is 5.75. The van der Waals surface area contributed by atoms with Crippen LogP contribution in [0.25, 0.3) is 0 Å². The second-order valence-electron chi connectivity index (χ2n) is 7.94. The average molecular weight is 448 g/mol. The molecule has 1 aliphatic heterocycles. The van der Waals surface area contributed by atoms with E-state index in [1.165, 1.54) is 12.1 Å². The Morgan fingerprint density at radius 1 is 0.765 bits per heavy atom. The van der Waals surface area contributed by atoms with Crippen molar-refractivity contribution in [3.05, 3.63) is 143 Å². The normalized spacial score (nSPS) is 15.5. The van der Waals surface area contributed by atoms with Gasteiger partial charge in [0.05, 0.1) is 11.6 Å². The average Bonchev–Trinajstić information content (AvgIpc) is 3.17. The van der Waals surface area contributed by atoms with Gasteiger partial charge in [0.25, 0.3) is 5.91 Å². The monoisotopic (exact) mass is 448 g/mol. The van der Waals surface area contributed by atoms with E-state index in [1.807, 2.05) is 54.6 Å². The Morgan fingerprint density at radius 2 is 1.38 bits per heavy atom. The minimum atomic E-state index is -0.801. The zero-order valence-corrected chi connectivity index (χ0v) is 18.2. The number of amides is 1. The van der Waals surface area contributed by atoms with Gasteiger partial charge in [-0.25, -0.2) is 4.39 Å². The van der Waals surface area contributed by atoms with Crippen LogP contribution in [0.1, 0.15) is 22.0 Å². The van der Waals surface area contributed by atoms with Crippen molar-refractivity contribution in [1.29, 1.82) is 0 Å². The predicted molar refractivity (Wildman–Crippen MR) is 131 cm³/mol. The highest BCUT2D eigenvalue weighted by atomic mass is 19.1. The summed E-state index contributed by atoms with van der Waals surface area (Å²) in [7, 11) is 0. The van der Waals surface area contributed by atoms with Gasteiger partial charge in [0.15, 0.2) is 5.78 Å². The van der Waals surface area contributed by atoms with E-state index in [9.17, 15) is 14.0 Å². The van der Waals surface area contributed by atoms with Crippen molar-refractivity contribution in [3.63, 3.8) is 0 Å². The van der Waals surface area contributed by atoms with Gasteiger partial charge in [-0.2, -0.15) is 0 Å². The van der Waals surface area contributed by atoms with Gasteiger partial charge < -0.3 is 5.32 Å². The Labute approximate surface area is 197 Å². The Balaban J connectivity index is 1.74. The molecule has 5 heteroatoms. The molecule has 1 amide bonds. The summed E-state index contributed by atoms with van der Waals surface area (Å²) >= 11 is 0. The molecule has 4 aromatic carbocycles. The lowest BCUT2D eigenvalue weighted by Crippen LogP contribution is -2.31. The van der Waals surface area contributed by atoms with Gasteiger partial charge in [-0.1, -0.05) is 78.9 Å². The van der Waals surface area contributed by atoms with Crippen molar-refractivity contribution in [1.82, 2.24) is 0 Å². The van der Waals surface area contributed by atoms with E-state index in [4.69, 9.17) is 0 Å². The minimum Gasteiger partial charge on any atom is -0.351 e. The maximum atomic E-state index is 14.3. The first-order valence-electron chi connectivity index (χ1n) is 10.9. The van der Waals surface area contributed by atoms with Crippen LogP contribution in [0.4, 0.5) is 15.8 Å². The van der Waals surface area contributed by atoms with Crippen LogP contribution in [0.3, 0.4) is 0 Å². The maximum Gasteiger partial charge on any atom is 0.276 e. The maximum absolute atomic E-state index is 14.3. The summed E-state index contributed by atoms with van der Waals surface area (Å²) in [6.45, 7) is 0. The van der Waals surface area contributed by atoms with Crippen molar-refractivity contribution >= 4 is 23.1 Å². The molecule has 0 bridgehead atoms. The fraction of sp³-hybridized carbons (Fsp3) is 0.0345. The molecule has 0 aromatic heterocycles. The molecule has 0 spiro atoms. The summed E-state index contributed by atoms with van der Waals surface area (Å²) in [5.74, 6) is -1.09. The predicted octanol–water partition coefficient (Wildman–Crippen LogP) is 6.16. The second-order valence-corrected chi connectivity index (χ2v) is 7.94. The van der Waals surface area contributed by atoms with Crippen LogP contribution < -0.4 is 10.2 Å². The fourth-order valence-corrected chi connectivity index (χ4v) is 4.24. The van der Waals surface area contributed by atoms with Crippen LogP contribution in [0.15, 0.2) is 127 Å². The number of carbonyl (C=O) groups is 2. The van der Waals surface area contributed by atoms with Gasteiger partial charge >= 0.3 is 0 Å². The first-order chi connectivity index (χ1) is 16.6. The van der Waals surface area contributed by atoms with E-state index in [0.29, 0.717) is 22.5 Å². The van der Waals surface area contributed by atoms with Gasteiger partial charge in [-0.3, -0.25) is 14.5 Å². The van der Waals surface area contributed by atoms with E-state index < -0.39 is 11.9 Å². The van der Waals surface area contributed by atoms with Crippen LogP contribution in [-0.4, -0.2) is 11.7 Å². The smallest absolute Gasteiger partial charge is 0.276 e. The summed E-state index contributed by atoms with van der Waals surface area (Å²) < 4.78 is 14.3.